The molecule has 0 heteroatoms. The molecule has 0 bridgehead atoms. The summed E-state index contributed by atoms with van der Waals surface area (Å²) < 4.78 is 0. The van der Waals surface area contributed by atoms with Crippen molar-refractivity contribution in [3.05, 3.63) is 58.7 Å². The molecule has 96 valence electrons. The Morgan fingerprint density at radius 2 is 1.47 bits per heavy atom. The fourth-order valence-corrected chi connectivity index (χ4v) is 3.93. The van der Waals surface area contributed by atoms with Gasteiger partial charge in [-0.25, -0.2) is 0 Å². The molecule has 0 atom stereocenters. The van der Waals surface area contributed by atoms with Gasteiger partial charge in [-0.1, -0.05) is 50.2 Å². The van der Waals surface area contributed by atoms with Gasteiger partial charge < -0.3 is 0 Å². The minimum atomic E-state index is 0.165. The maximum atomic E-state index is 2.50. The van der Waals surface area contributed by atoms with Crippen molar-refractivity contribution in [2.75, 3.05) is 0 Å². The maximum absolute atomic E-state index is 2.50. The summed E-state index contributed by atoms with van der Waals surface area (Å²) in [6, 6.07) is 13.9. The summed E-state index contributed by atoms with van der Waals surface area (Å²) in [4.78, 5) is 0. The van der Waals surface area contributed by atoms with Crippen LogP contribution in [0.25, 0.3) is 11.1 Å². The third kappa shape index (κ3) is 1.46. The molecule has 2 aliphatic carbocycles. The van der Waals surface area contributed by atoms with Gasteiger partial charge >= 0.3 is 0 Å². The number of hydrogen-bond donors (Lipinski definition) is 0. The smallest absolute Gasteiger partial charge is 0.0158 e. The minimum Gasteiger partial charge on any atom is -0.0619 e. The molecule has 0 fully saturated rings. The van der Waals surface area contributed by atoms with Crippen molar-refractivity contribution < 1.29 is 0 Å². The zero-order valence-corrected chi connectivity index (χ0v) is 11.8. The second-order valence-corrected chi connectivity index (χ2v) is 6.54. The lowest BCUT2D eigenvalue weighted by Gasteiger charge is -2.24. The van der Waals surface area contributed by atoms with Gasteiger partial charge in [0, 0.05) is 5.41 Å². The normalized spacial score (nSPS) is 18.6. The Morgan fingerprint density at radius 3 is 2.26 bits per heavy atom. The van der Waals surface area contributed by atoms with E-state index in [9.17, 15) is 0 Å². The Hall–Kier alpha value is -1.56. The lowest BCUT2D eigenvalue weighted by atomic mass is 9.80. The highest BCUT2D eigenvalue weighted by Crippen LogP contribution is 2.49. The molecule has 0 radical (unpaired) electrons. The van der Waals surface area contributed by atoms with E-state index < -0.39 is 0 Å². The van der Waals surface area contributed by atoms with Gasteiger partial charge in [-0.3, -0.25) is 0 Å². The van der Waals surface area contributed by atoms with E-state index in [1.165, 1.54) is 47.9 Å². The lowest BCUT2D eigenvalue weighted by molar-refractivity contribution is 0.649. The van der Waals surface area contributed by atoms with Crippen molar-refractivity contribution in [2.24, 2.45) is 0 Å². The van der Waals surface area contributed by atoms with E-state index in [1.807, 2.05) is 0 Å². The Bertz CT molecular complexity index is 662. The zero-order chi connectivity index (χ0) is 13.0. The molecule has 0 saturated heterocycles. The van der Waals surface area contributed by atoms with Crippen LogP contribution in [0.15, 0.2) is 36.4 Å². The maximum Gasteiger partial charge on any atom is 0.0158 e. The van der Waals surface area contributed by atoms with Crippen molar-refractivity contribution in [3.63, 3.8) is 0 Å². The van der Waals surface area contributed by atoms with Crippen LogP contribution in [0.5, 0.6) is 0 Å². The molecule has 0 saturated carbocycles. The van der Waals surface area contributed by atoms with Crippen LogP contribution in [0.3, 0.4) is 0 Å². The van der Waals surface area contributed by atoms with E-state index in [2.05, 4.69) is 50.2 Å². The molecule has 2 aromatic rings. The van der Waals surface area contributed by atoms with Crippen LogP contribution in [0.4, 0.5) is 0 Å². The first-order valence-corrected chi connectivity index (χ1v) is 7.44. The summed E-state index contributed by atoms with van der Waals surface area (Å²) >= 11 is 0. The molecule has 0 spiro atoms. The Balaban J connectivity index is 2.02. The van der Waals surface area contributed by atoms with Gasteiger partial charge in [0.15, 0.2) is 0 Å². The second kappa shape index (κ2) is 3.72. The molecule has 0 unspecified atom stereocenters. The molecule has 4 rings (SSSR count). The number of benzene rings is 2. The first kappa shape index (κ1) is 11.3. The van der Waals surface area contributed by atoms with Crippen LogP contribution < -0.4 is 0 Å². The quantitative estimate of drug-likeness (QED) is 0.624. The predicted octanol–water partition coefficient (Wildman–Crippen LogP) is 4.87. The van der Waals surface area contributed by atoms with E-state index >= 15 is 0 Å². The van der Waals surface area contributed by atoms with E-state index in [0.717, 1.165) is 0 Å². The molecule has 0 aliphatic heterocycles. The highest BCUT2D eigenvalue weighted by atomic mass is 14.4. The third-order valence-corrected chi connectivity index (χ3v) is 5.05. The molecule has 2 aliphatic rings. The van der Waals surface area contributed by atoms with Gasteiger partial charge in [0.2, 0.25) is 0 Å². The molecule has 0 nitrogen and oxygen atoms in total. The average Bonchev–Trinajstić information content (AvgIpc) is 2.66. The Morgan fingerprint density at radius 1 is 0.789 bits per heavy atom. The minimum absolute atomic E-state index is 0.165. The third-order valence-electron chi connectivity index (χ3n) is 5.05. The van der Waals surface area contributed by atoms with Crippen LogP contribution in [0, 0.1) is 0 Å². The number of aryl methyl sites for hydroxylation is 2. The summed E-state index contributed by atoms with van der Waals surface area (Å²) in [5.41, 5.74) is 9.33. The van der Waals surface area contributed by atoms with Crippen LogP contribution >= 0.6 is 0 Å². The van der Waals surface area contributed by atoms with Crippen molar-refractivity contribution >= 4 is 0 Å². The van der Waals surface area contributed by atoms with Gasteiger partial charge in [0.25, 0.3) is 0 Å². The molecule has 19 heavy (non-hydrogen) atoms. The van der Waals surface area contributed by atoms with Gasteiger partial charge in [0.05, 0.1) is 0 Å². The van der Waals surface area contributed by atoms with E-state index in [1.54, 1.807) is 11.1 Å². The second-order valence-electron chi connectivity index (χ2n) is 6.54. The van der Waals surface area contributed by atoms with Crippen molar-refractivity contribution in [3.8, 4) is 11.1 Å². The molecule has 0 N–H and O–H groups in total. The molecule has 0 aromatic heterocycles. The van der Waals surface area contributed by atoms with E-state index in [4.69, 9.17) is 0 Å². The van der Waals surface area contributed by atoms with Crippen LogP contribution in [0.2, 0.25) is 0 Å². The van der Waals surface area contributed by atoms with Gasteiger partial charge in [0.1, 0.15) is 0 Å². The molecule has 0 amide bonds. The Kier molecular flexibility index (Phi) is 2.21. The molecule has 2 aromatic carbocycles. The molecule has 0 heterocycles. The highest BCUT2D eigenvalue weighted by Gasteiger charge is 2.35. The Labute approximate surface area is 115 Å². The van der Waals surface area contributed by atoms with Crippen LogP contribution in [-0.2, 0) is 18.3 Å². The van der Waals surface area contributed by atoms with E-state index in [-0.39, 0.29) is 5.41 Å². The monoisotopic (exact) mass is 248 g/mol. The number of hydrogen-bond acceptors (Lipinski definition) is 0. The van der Waals surface area contributed by atoms with Gasteiger partial charge in [-0.15, -0.1) is 0 Å². The van der Waals surface area contributed by atoms with Gasteiger partial charge in [-0.2, -0.15) is 0 Å². The van der Waals surface area contributed by atoms with Crippen LogP contribution in [-0.4, -0.2) is 0 Å². The standard InChI is InChI=1S/C19H20/c1-19(2)17-10-6-5-9-15(17)16-11-13-7-3-4-8-14(13)12-18(16)19/h5-6,9-12H,3-4,7-8H2,1-2H3. The first-order valence-electron chi connectivity index (χ1n) is 7.44. The zero-order valence-electron chi connectivity index (χ0n) is 11.8. The predicted molar refractivity (Wildman–Crippen MR) is 80.6 cm³/mol. The summed E-state index contributed by atoms with van der Waals surface area (Å²) in [5, 5.41) is 0. The summed E-state index contributed by atoms with van der Waals surface area (Å²) in [5.74, 6) is 0. The van der Waals surface area contributed by atoms with Gasteiger partial charge in [-0.05, 0) is 59.1 Å². The lowest BCUT2D eigenvalue weighted by Crippen LogP contribution is -2.16. The summed E-state index contributed by atoms with van der Waals surface area (Å²) in [6.45, 7) is 4.74. The SMILES string of the molecule is CC1(C)c2ccccc2-c2cc3c(cc21)CCCC3. The summed E-state index contributed by atoms with van der Waals surface area (Å²) in [6.07, 6.45) is 5.26. The van der Waals surface area contributed by atoms with Crippen molar-refractivity contribution in [1.29, 1.82) is 0 Å². The summed E-state index contributed by atoms with van der Waals surface area (Å²) in [7, 11) is 0. The van der Waals surface area contributed by atoms with Crippen LogP contribution in [0.1, 0.15) is 48.9 Å². The number of fused-ring (bicyclic) bond motifs is 4. The van der Waals surface area contributed by atoms with Crippen molar-refractivity contribution in [1.82, 2.24) is 0 Å². The van der Waals surface area contributed by atoms with E-state index in [0.29, 0.717) is 0 Å². The first-order chi connectivity index (χ1) is 9.18. The molecular weight excluding hydrogens is 228 g/mol. The van der Waals surface area contributed by atoms with Crippen molar-refractivity contribution in [2.45, 2.75) is 44.9 Å². The highest BCUT2D eigenvalue weighted by molar-refractivity contribution is 5.81. The molecular formula is C19H20. The largest absolute Gasteiger partial charge is 0.0619 e. The fourth-order valence-electron chi connectivity index (χ4n) is 3.93. The average molecular weight is 248 g/mol. The number of rotatable bonds is 0. The fraction of sp³-hybridized carbons (Fsp3) is 0.368. The topological polar surface area (TPSA) is 0 Å².